The first kappa shape index (κ1) is 45.8. The van der Waals surface area contributed by atoms with Crippen LogP contribution in [-0.2, 0) is 49.8 Å². The van der Waals surface area contributed by atoms with Crippen LogP contribution in [0.15, 0.2) is 85.9 Å². The van der Waals surface area contributed by atoms with E-state index >= 15 is 4.79 Å². The van der Waals surface area contributed by atoms with E-state index in [1.54, 1.807) is 6.92 Å². The molecule has 5 aliphatic rings. The average Bonchev–Trinajstić information content (AvgIpc) is 3.57. The SMILES string of the molecule is Cc1oc(=O)oc1COC(=O)[C@]1(C)[C@@H](OC(=O)CS(C)(=O)=O)CC[C@@]2(C)[C@H]1CC[C@]1(C)[C@@H]2C(=O)C=C2[C@@H]3C[C@@](C)(C(=O)OC(c4ccccc4)c4ccccc4)CC[C@]3(C)CC[C@]21C. The van der Waals surface area contributed by atoms with E-state index in [0.29, 0.717) is 32.1 Å². The van der Waals surface area contributed by atoms with Gasteiger partial charge in [0.25, 0.3) is 0 Å². The van der Waals surface area contributed by atoms with Crippen molar-refractivity contribution in [3.8, 4) is 0 Å². The quantitative estimate of drug-likeness (QED) is 0.140. The van der Waals surface area contributed by atoms with Crippen LogP contribution in [-0.4, -0.2) is 50.2 Å². The lowest BCUT2D eigenvalue weighted by molar-refractivity contribution is -0.224. The number of rotatable bonds is 10. The largest absolute Gasteiger partial charge is 0.519 e. The molecule has 0 saturated heterocycles. The molecule has 13 heteroatoms. The number of ether oxygens (including phenoxy) is 3. The van der Waals surface area contributed by atoms with Gasteiger partial charge < -0.3 is 23.0 Å². The number of allylic oxidation sites excluding steroid dienone is 2. The Morgan fingerprint density at radius 3 is 2.02 bits per heavy atom. The van der Waals surface area contributed by atoms with Crippen LogP contribution < -0.4 is 5.82 Å². The van der Waals surface area contributed by atoms with Crippen LogP contribution in [0, 0.1) is 57.2 Å². The third-order valence-electron chi connectivity index (χ3n) is 17.4. The van der Waals surface area contributed by atoms with Crippen molar-refractivity contribution in [3.63, 3.8) is 0 Å². The van der Waals surface area contributed by atoms with Gasteiger partial charge in [-0.3, -0.25) is 19.2 Å². The molecule has 0 N–H and O–H groups in total. The standard InChI is InChI=1S/C51H62O12S/c1-31-37(61-45(56)60-31)29-59-44(55)51(7)38-19-22-50(6)42(48(38,4)21-20-39(51)62-40(53)30-64(8,57)58)36(52)27-34-35-28-47(3,24-23-46(35,2)25-26-49(34,50)5)43(54)63-41(32-15-11-9-12-16-32)33-17-13-10-14-18-33/h9-18,27,35,38-39,41-42H,19-26,28-30H2,1-8H3/t35-,38+,39-,42+,46+,47-,48-,49+,50+,51-/m0/s1. The van der Waals surface area contributed by atoms with Crippen LogP contribution in [0.2, 0.25) is 0 Å². The van der Waals surface area contributed by atoms with Crippen LogP contribution >= 0.6 is 0 Å². The van der Waals surface area contributed by atoms with E-state index in [0.717, 1.165) is 42.2 Å². The fourth-order valence-corrected chi connectivity index (χ4v) is 14.0. The Kier molecular flexibility index (Phi) is 11.4. The van der Waals surface area contributed by atoms with Gasteiger partial charge in [0.1, 0.15) is 17.3 Å². The minimum absolute atomic E-state index is 0.00599. The number of hydrogen-bond acceptors (Lipinski definition) is 12. The molecule has 0 unspecified atom stereocenters. The average molecular weight is 899 g/mol. The molecule has 1 aromatic heterocycles. The first-order chi connectivity index (χ1) is 30.0. The lowest BCUT2D eigenvalue weighted by atomic mass is 9.33. The smallest absolute Gasteiger partial charge is 0.460 e. The van der Waals surface area contributed by atoms with E-state index in [9.17, 15) is 27.6 Å². The van der Waals surface area contributed by atoms with Crippen LogP contribution in [0.4, 0.5) is 0 Å². The number of benzene rings is 2. The number of aryl methyl sites for hydroxylation is 1. The summed E-state index contributed by atoms with van der Waals surface area (Å²) in [6.07, 6.45) is 6.75. The fourth-order valence-electron chi connectivity index (χ4n) is 13.5. The molecular weight excluding hydrogens is 837 g/mol. The summed E-state index contributed by atoms with van der Waals surface area (Å²) in [6, 6.07) is 19.6. The highest BCUT2D eigenvalue weighted by Crippen LogP contribution is 2.75. The summed E-state index contributed by atoms with van der Waals surface area (Å²) < 4.78 is 52.7. The highest BCUT2D eigenvalue weighted by atomic mass is 32.2. The molecule has 4 saturated carbocycles. The summed E-state index contributed by atoms with van der Waals surface area (Å²) in [6.45, 7) is 13.8. The molecule has 344 valence electrons. The number of fused-ring (bicyclic) bond motifs is 7. The molecule has 4 fully saturated rings. The Hall–Kier alpha value is -4.78. The van der Waals surface area contributed by atoms with E-state index in [1.165, 1.54) is 6.92 Å². The highest BCUT2D eigenvalue weighted by molar-refractivity contribution is 7.91. The second-order valence-electron chi connectivity index (χ2n) is 21.2. The van der Waals surface area contributed by atoms with Gasteiger partial charge in [-0.1, -0.05) is 93.9 Å². The maximum atomic E-state index is 15.3. The number of carbonyl (C=O) groups excluding carboxylic acids is 4. The van der Waals surface area contributed by atoms with Crippen molar-refractivity contribution in [2.75, 3.05) is 12.0 Å². The summed E-state index contributed by atoms with van der Waals surface area (Å²) in [5.41, 5.74) is -1.26. The van der Waals surface area contributed by atoms with Gasteiger partial charge in [0.05, 0.1) is 5.41 Å². The molecule has 3 aromatic rings. The summed E-state index contributed by atoms with van der Waals surface area (Å²) in [5.74, 6) is -4.58. The molecular formula is C51H62O12S. The topological polar surface area (TPSA) is 173 Å². The molecule has 0 amide bonds. The lowest BCUT2D eigenvalue weighted by Crippen LogP contribution is -2.68. The van der Waals surface area contributed by atoms with E-state index in [1.807, 2.05) is 73.7 Å². The lowest BCUT2D eigenvalue weighted by Gasteiger charge is -2.70. The molecule has 0 bridgehead atoms. The van der Waals surface area contributed by atoms with Crippen molar-refractivity contribution in [2.24, 2.45) is 50.2 Å². The van der Waals surface area contributed by atoms with Gasteiger partial charge in [0, 0.05) is 12.2 Å². The van der Waals surface area contributed by atoms with Crippen LogP contribution in [0.1, 0.15) is 128 Å². The fraction of sp³-hybridized carbons (Fsp3) is 0.588. The predicted molar refractivity (Wildman–Crippen MR) is 236 cm³/mol. The number of ketones is 1. The Morgan fingerprint density at radius 1 is 0.797 bits per heavy atom. The second-order valence-corrected chi connectivity index (χ2v) is 23.4. The summed E-state index contributed by atoms with van der Waals surface area (Å²) in [4.78, 5) is 69.5. The van der Waals surface area contributed by atoms with Gasteiger partial charge >= 0.3 is 23.7 Å². The minimum Gasteiger partial charge on any atom is -0.460 e. The molecule has 5 aliphatic carbocycles. The Labute approximate surface area is 375 Å². The van der Waals surface area contributed by atoms with E-state index < -0.39 is 91.1 Å². The zero-order chi connectivity index (χ0) is 46.3. The van der Waals surface area contributed by atoms with Crippen LogP contribution in [0.3, 0.4) is 0 Å². The van der Waals surface area contributed by atoms with Crippen LogP contribution in [0.5, 0.6) is 0 Å². The molecule has 0 spiro atoms. The molecule has 0 aliphatic heterocycles. The predicted octanol–water partition coefficient (Wildman–Crippen LogP) is 8.83. The van der Waals surface area contributed by atoms with Gasteiger partial charge in [0.15, 0.2) is 39.9 Å². The minimum atomic E-state index is -3.74. The molecule has 64 heavy (non-hydrogen) atoms. The van der Waals surface area contributed by atoms with Gasteiger partial charge in [-0.15, -0.1) is 0 Å². The molecule has 10 atom stereocenters. The molecule has 2 aromatic carbocycles. The zero-order valence-electron chi connectivity index (χ0n) is 38.3. The van der Waals surface area contributed by atoms with Gasteiger partial charge in [0.2, 0.25) is 0 Å². The maximum Gasteiger partial charge on any atom is 0.519 e. The first-order valence-corrected chi connectivity index (χ1v) is 24.7. The third kappa shape index (κ3) is 7.51. The summed E-state index contributed by atoms with van der Waals surface area (Å²) in [7, 11) is -3.74. The normalized spacial score (nSPS) is 35.8. The number of sulfone groups is 1. The number of carbonyl (C=O) groups is 4. The van der Waals surface area contributed by atoms with Crippen molar-refractivity contribution >= 4 is 33.5 Å². The van der Waals surface area contributed by atoms with Crippen LogP contribution in [0.25, 0.3) is 0 Å². The third-order valence-corrected chi connectivity index (χ3v) is 18.1. The Morgan fingerprint density at radius 2 is 1.42 bits per heavy atom. The maximum absolute atomic E-state index is 15.3. The number of hydrogen-bond donors (Lipinski definition) is 0. The molecule has 1 heterocycles. The van der Waals surface area contributed by atoms with Crippen molar-refractivity contribution in [1.29, 1.82) is 0 Å². The van der Waals surface area contributed by atoms with Gasteiger partial charge in [-0.05, 0) is 129 Å². The van der Waals surface area contributed by atoms with Crippen molar-refractivity contribution in [2.45, 2.75) is 125 Å². The van der Waals surface area contributed by atoms with Crippen molar-refractivity contribution < 1.29 is 50.6 Å². The first-order valence-electron chi connectivity index (χ1n) is 22.7. The van der Waals surface area contributed by atoms with Crippen molar-refractivity contribution in [3.05, 3.63) is 106 Å². The summed E-state index contributed by atoms with van der Waals surface area (Å²) in [5, 5.41) is 0. The second kappa shape index (κ2) is 16.0. The number of esters is 3. The van der Waals surface area contributed by atoms with E-state index in [2.05, 4.69) is 27.7 Å². The molecule has 8 rings (SSSR count). The van der Waals surface area contributed by atoms with Gasteiger partial charge in [-0.2, -0.15) is 0 Å². The van der Waals surface area contributed by atoms with Crippen molar-refractivity contribution in [1.82, 2.24) is 0 Å². The van der Waals surface area contributed by atoms with E-state index in [-0.39, 0.29) is 41.0 Å². The summed E-state index contributed by atoms with van der Waals surface area (Å²) >= 11 is 0. The Balaban J connectivity index is 1.12. The monoisotopic (exact) mass is 898 g/mol. The Bertz CT molecular complexity index is 2500. The molecule has 0 radical (unpaired) electrons. The van der Waals surface area contributed by atoms with E-state index in [4.69, 9.17) is 23.0 Å². The van der Waals surface area contributed by atoms with Gasteiger partial charge in [-0.25, -0.2) is 13.2 Å². The zero-order valence-corrected chi connectivity index (χ0v) is 39.1. The highest BCUT2D eigenvalue weighted by Gasteiger charge is 2.72. The molecule has 12 nitrogen and oxygen atoms in total.